The highest BCUT2D eigenvalue weighted by Gasteiger charge is 2.21. The Balaban J connectivity index is 2.33. The van der Waals surface area contributed by atoms with Crippen LogP contribution in [0.5, 0.6) is 5.75 Å². The summed E-state index contributed by atoms with van der Waals surface area (Å²) in [7, 11) is 1.71. The molecule has 1 atom stereocenters. The fraction of sp³-hybridized carbons (Fsp3) is 0.400. The molecule has 2 rings (SSSR count). The van der Waals surface area contributed by atoms with Crippen molar-refractivity contribution in [1.29, 1.82) is 0 Å². The number of hydrogen-bond donors (Lipinski definition) is 1. The zero-order valence-corrected chi connectivity index (χ0v) is 9.10. The summed E-state index contributed by atoms with van der Waals surface area (Å²) in [6.07, 6.45) is 1.20. The summed E-state index contributed by atoms with van der Waals surface area (Å²) < 4.78 is 6.40. The van der Waals surface area contributed by atoms with Crippen LogP contribution in [0.1, 0.15) is 18.0 Å². The number of benzene rings is 1. The van der Waals surface area contributed by atoms with Crippen molar-refractivity contribution in [1.82, 2.24) is 5.32 Å². The second-order valence-electron chi connectivity index (χ2n) is 3.18. The maximum absolute atomic E-state index is 5.30. The summed E-state index contributed by atoms with van der Waals surface area (Å²) in [5.74, 6) is 0.973. The minimum atomic E-state index is 0.479. The van der Waals surface area contributed by atoms with Crippen LogP contribution in [0.25, 0.3) is 0 Å². The number of rotatable bonds is 2. The first-order chi connectivity index (χ1) is 6.31. The van der Waals surface area contributed by atoms with Crippen molar-refractivity contribution in [2.75, 3.05) is 13.7 Å². The molecule has 70 valence electrons. The number of halogens is 1. The van der Waals surface area contributed by atoms with Gasteiger partial charge in [-0.15, -0.1) is 0 Å². The smallest absolute Gasteiger partial charge is 0.123 e. The van der Waals surface area contributed by atoms with Gasteiger partial charge in [0.05, 0.1) is 7.11 Å². The van der Waals surface area contributed by atoms with Gasteiger partial charge in [-0.3, -0.25) is 0 Å². The van der Waals surface area contributed by atoms with Crippen molar-refractivity contribution in [3.8, 4) is 5.75 Å². The van der Waals surface area contributed by atoms with Gasteiger partial charge >= 0.3 is 0 Å². The second-order valence-corrected chi connectivity index (χ2v) is 4.10. The van der Waals surface area contributed by atoms with Gasteiger partial charge in [0, 0.05) is 16.1 Å². The van der Waals surface area contributed by atoms with Crippen LogP contribution in [0.4, 0.5) is 0 Å². The van der Waals surface area contributed by atoms with Gasteiger partial charge < -0.3 is 10.1 Å². The Morgan fingerprint density at radius 3 is 2.85 bits per heavy atom. The number of ether oxygens (including phenoxy) is 1. The third-order valence-corrected chi connectivity index (χ3v) is 2.88. The first kappa shape index (κ1) is 9.03. The van der Waals surface area contributed by atoms with Gasteiger partial charge in [-0.05, 0) is 31.2 Å². The molecule has 0 saturated carbocycles. The van der Waals surface area contributed by atoms with Crippen LogP contribution in [-0.2, 0) is 0 Å². The topological polar surface area (TPSA) is 21.3 Å². The lowest BCUT2D eigenvalue weighted by atomic mass is 9.97. The van der Waals surface area contributed by atoms with E-state index < -0.39 is 0 Å². The van der Waals surface area contributed by atoms with Gasteiger partial charge in [0.1, 0.15) is 5.75 Å². The van der Waals surface area contributed by atoms with E-state index in [4.69, 9.17) is 4.74 Å². The molecule has 0 spiro atoms. The van der Waals surface area contributed by atoms with Gasteiger partial charge in [-0.2, -0.15) is 0 Å². The van der Waals surface area contributed by atoms with Crippen LogP contribution in [0, 0.1) is 0 Å². The van der Waals surface area contributed by atoms with Crippen molar-refractivity contribution >= 4 is 15.9 Å². The van der Waals surface area contributed by atoms with E-state index in [2.05, 4.69) is 27.3 Å². The van der Waals surface area contributed by atoms with Gasteiger partial charge in [-0.25, -0.2) is 0 Å². The Labute approximate surface area is 86.4 Å². The molecule has 0 amide bonds. The number of methoxy groups -OCH3 is 1. The molecule has 0 aliphatic carbocycles. The van der Waals surface area contributed by atoms with Crippen LogP contribution in [0.15, 0.2) is 22.7 Å². The van der Waals surface area contributed by atoms with Gasteiger partial charge in [0.2, 0.25) is 0 Å². The third-order valence-electron chi connectivity index (χ3n) is 2.39. The van der Waals surface area contributed by atoms with Crippen molar-refractivity contribution in [2.45, 2.75) is 12.5 Å². The lowest BCUT2D eigenvalue weighted by Gasteiger charge is -2.29. The van der Waals surface area contributed by atoms with E-state index >= 15 is 0 Å². The van der Waals surface area contributed by atoms with Crippen LogP contribution in [0.2, 0.25) is 0 Å². The minimum absolute atomic E-state index is 0.479. The molecule has 1 aromatic carbocycles. The van der Waals surface area contributed by atoms with E-state index in [9.17, 15) is 0 Å². The van der Waals surface area contributed by atoms with Crippen molar-refractivity contribution in [3.63, 3.8) is 0 Å². The molecule has 1 aliphatic rings. The van der Waals surface area contributed by atoms with Gasteiger partial charge in [0.25, 0.3) is 0 Å². The molecule has 1 fully saturated rings. The molecule has 1 unspecified atom stereocenters. The molecule has 3 heteroatoms. The predicted octanol–water partition coefficient (Wildman–Crippen LogP) is 2.49. The standard InChI is InChI=1S/C10H12BrNO/c1-13-10-3-2-7(11)6-8(10)9-4-5-12-9/h2-3,6,9,12H,4-5H2,1H3. The predicted molar refractivity (Wildman–Crippen MR) is 56.1 cm³/mol. The molecule has 0 radical (unpaired) electrons. The third kappa shape index (κ3) is 1.71. The highest BCUT2D eigenvalue weighted by molar-refractivity contribution is 9.10. The van der Waals surface area contributed by atoms with Crippen LogP contribution < -0.4 is 10.1 Å². The van der Waals surface area contributed by atoms with Crippen LogP contribution in [-0.4, -0.2) is 13.7 Å². The summed E-state index contributed by atoms with van der Waals surface area (Å²) in [6.45, 7) is 1.11. The first-order valence-electron chi connectivity index (χ1n) is 4.38. The first-order valence-corrected chi connectivity index (χ1v) is 5.17. The molecular formula is C10H12BrNO. The average Bonchev–Trinajstić information content (AvgIpc) is 2.02. The molecule has 0 bridgehead atoms. The maximum atomic E-state index is 5.30. The zero-order chi connectivity index (χ0) is 9.26. The number of hydrogen-bond acceptors (Lipinski definition) is 2. The Morgan fingerprint density at radius 2 is 2.31 bits per heavy atom. The van der Waals surface area contributed by atoms with Crippen molar-refractivity contribution in [3.05, 3.63) is 28.2 Å². The molecule has 1 saturated heterocycles. The summed E-state index contributed by atoms with van der Waals surface area (Å²) in [4.78, 5) is 0. The summed E-state index contributed by atoms with van der Waals surface area (Å²) >= 11 is 3.46. The van der Waals surface area contributed by atoms with E-state index in [1.54, 1.807) is 7.11 Å². The maximum Gasteiger partial charge on any atom is 0.123 e. The highest BCUT2D eigenvalue weighted by atomic mass is 79.9. The van der Waals surface area contributed by atoms with Gasteiger partial charge in [0.15, 0.2) is 0 Å². The molecule has 0 aromatic heterocycles. The zero-order valence-electron chi connectivity index (χ0n) is 7.51. The second kappa shape index (κ2) is 3.68. The van der Waals surface area contributed by atoms with Crippen LogP contribution in [0.3, 0.4) is 0 Å². The molecule has 2 nitrogen and oxygen atoms in total. The Morgan fingerprint density at radius 1 is 1.54 bits per heavy atom. The summed E-state index contributed by atoms with van der Waals surface area (Å²) in [6, 6.07) is 6.60. The molecule has 1 N–H and O–H groups in total. The minimum Gasteiger partial charge on any atom is -0.496 e. The fourth-order valence-corrected chi connectivity index (χ4v) is 1.91. The molecular weight excluding hydrogens is 230 g/mol. The molecule has 1 aliphatic heterocycles. The lowest BCUT2D eigenvalue weighted by Crippen LogP contribution is -2.35. The molecule has 13 heavy (non-hydrogen) atoms. The van der Waals surface area contributed by atoms with E-state index in [0.29, 0.717) is 6.04 Å². The Hall–Kier alpha value is -0.540. The van der Waals surface area contributed by atoms with E-state index in [0.717, 1.165) is 16.8 Å². The van der Waals surface area contributed by atoms with Gasteiger partial charge in [-0.1, -0.05) is 15.9 Å². The molecule has 1 heterocycles. The van der Waals surface area contributed by atoms with Crippen LogP contribution >= 0.6 is 15.9 Å². The lowest BCUT2D eigenvalue weighted by molar-refractivity contribution is 0.353. The largest absolute Gasteiger partial charge is 0.496 e. The van der Waals surface area contributed by atoms with E-state index in [-0.39, 0.29) is 0 Å². The van der Waals surface area contributed by atoms with E-state index in [1.807, 2.05) is 12.1 Å². The Bertz CT molecular complexity index is 310. The average molecular weight is 242 g/mol. The van der Waals surface area contributed by atoms with Crippen molar-refractivity contribution < 1.29 is 4.74 Å². The van der Waals surface area contributed by atoms with Crippen molar-refractivity contribution in [2.24, 2.45) is 0 Å². The SMILES string of the molecule is COc1ccc(Br)cc1C1CCN1. The Kier molecular flexibility index (Phi) is 2.56. The normalized spacial score (nSPS) is 20.9. The summed E-state index contributed by atoms with van der Waals surface area (Å²) in [5.41, 5.74) is 1.25. The molecule has 1 aromatic rings. The van der Waals surface area contributed by atoms with E-state index in [1.165, 1.54) is 12.0 Å². The summed E-state index contributed by atoms with van der Waals surface area (Å²) in [5, 5.41) is 3.36. The highest BCUT2D eigenvalue weighted by Crippen LogP contribution is 2.32. The monoisotopic (exact) mass is 241 g/mol. The fourth-order valence-electron chi connectivity index (χ4n) is 1.53. The quantitative estimate of drug-likeness (QED) is 0.860. The number of nitrogens with one attached hydrogen (secondary N) is 1.